The maximum absolute atomic E-state index is 13.7. The van der Waals surface area contributed by atoms with Gasteiger partial charge in [-0.3, -0.25) is 0 Å². The van der Waals surface area contributed by atoms with Gasteiger partial charge in [-0.25, -0.2) is 17.5 Å². The molecule has 0 unspecified atom stereocenters. The Morgan fingerprint density at radius 1 is 1.29 bits per heavy atom. The molecule has 1 aromatic rings. The number of hydrogen-bond acceptors (Lipinski definition) is 4. The molecule has 0 amide bonds. The van der Waals surface area contributed by atoms with Gasteiger partial charge >= 0.3 is 0 Å². The second-order valence-electron chi connectivity index (χ2n) is 4.81. The summed E-state index contributed by atoms with van der Waals surface area (Å²) in [7, 11) is -2.15. The van der Waals surface area contributed by atoms with Gasteiger partial charge in [0.1, 0.15) is 5.82 Å². The Balaban J connectivity index is 2.72. The highest BCUT2D eigenvalue weighted by molar-refractivity contribution is 7.89. The van der Waals surface area contributed by atoms with Crippen LogP contribution in [-0.2, 0) is 21.4 Å². The van der Waals surface area contributed by atoms with Gasteiger partial charge in [0.2, 0.25) is 10.0 Å². The zero-order chi connectivity index (χ0) is 15.9. The molecule has 0 heterocycles. The van der Waals surface area contributed by atoms with Gasteiger partial charge in [-0.15, -0.1) is 0 Å². The first-order chi connectivity index (χ1) is 9.92. The maximum atomic E-state index is 13.7. The lowest BCUT2D eigenvalue weighted by Gasteiger charge is -2.11. The van der Waals surface area contributed by atoms with Crippen molar-refractivity contribution in [2.45, 2.75) is 37.7 Å². The van der Waals surface area contributed by atoms with E-state index in [9.17, 15) is 12.8 Å². The van der Waals surface area contributed by atoms with E-state index >= 15 is 0 Å². The van der Waals surface area contributed by atoms with Crippen LogP contribution in [0.2, 0.25) is 0 Å². The molecule has 0 aliphatic heterocycles. The highest BCUT2D eigenvalue weighted by atomic mass is 32.2. The summed E-state index contributed by atoms with van der Waals surface area (Å²) in [6.07, 6.45) is 2.40. The molecule has 21 heavy (non-hydrogen) atoms. The molecule has 0 aliphatic rings. The van der Waals surface area contributed by atoms with Gasteiger partial charge in [-0.2, -0.15) is 0 Å². The van der Waals surface area contributed by atoms with Gasteiger partial charge in [0, 0.05) is 25.8 Å². The third kappa shape index (κ3) is 5.35. The van der Waals surface area contributed by atoms with Crippen LogP contribution in [0.15, 0.2) is 17.0 Å². The Morgan fingerprint density at radius 2 is 2.00 bits per heavy atom. The van der Waals surface area contributed by atoms with E-state index in [0.717, 1.165) is 18.9 Å². The number of ether oxygens (including phenoxy) is 1. The van der Waals surface area contributed by atoms with Crippen molar-refractivity contribution in [1.29, 1.82) is 0 Å². The second-order valence-corrected chi connectivity index (χ2v) is 6.55. The number of methoxy groups -OCH3 is 1. The predicted molar refractivity (Wildman–Crippen MR) is 78.0 cm³/mol. The van der Waals surface area contributed by atoms with E-state index in [1.165, 1.54) is 13.0 Å². The Bertz CT molecular complexity index is 560. The molecule has 2 N–H and O–H groups in total. The molecule has 1 rings (SSSR count). The van der Waals surface area contributed by atoms with E-state index < -0.39 is 22.4 Å². The van der Waals surface area contributed by atoms with E-state index in [0.29, 0.717) is 13.0 Å². The Kier molecular flexibility index (Phi) is 7.24. The van der Waals surface area contributed by atoms with Crippen LogP contribution >= 0.6 is 0 Å². The molecular weight excluding hydrogens is 297 g/mol. The topological polar surface area (TPSA) is 75.6 Å². The Hall–Kier alpha value is -1.02. The third-order valence-electron chi connectivity index (χ3n) is 3.15. The van der Waals surface area contributed by atoms with Gasteiger partial charge in [0.25, 0.3) is 0 Å². The van der Waals surface area contributed by atoms with Crippen molar-refractivity contribution in [1.82, 2.24) is 4.72 Å². The quantitative estimate of drug-likeness (QED) is 0.680. The van der Waals surface area contributed by atoms with Crippen LogP contribution in [0.3, 0.4) is 0 Å². The smallest absolute Gasteiger partial charge is 0.240 e. The largest absolute Gasteiger partial charge is 0.392 e. The molecule has 0 fully saturated rings. The van der Waals surface area contributed by atoms with Crippen molar-refractivity contribution in [3.8, 4) is 0 Å². The van der Waals surface area contributed by atoms with Crippen LogP contribution in [0.4, 0.5) is 4.39 Å². The van der Waals surface area contributed by atoms with Gasteiger partial charge in [0.15, 0.2) is 0 Å². The Morgan fingerprint density at radius 3 is 2.62 bits per heavy atom. The van der Waals surface area contributed by atoms with Crippen LogP contribution in [0, 0.1) is 12.7 Å². The van der Waals surface area contributed by atoms with Crippen molar-refractivity contribution < 1.29 is 22.7 Å². The molecule has 5 nitrogen and oxygen atoms in total. The van der Waals surface area contributed by atoms with Crippen LogP contribution in [0.1, 0.15) is 30.4 Å². The van der Waals surface area contributed by atoms with E-state index in [1.54, 1.807) is 7.11 Å². The summed E-state index contributed by atoms with van der Waals surface area (Å²) in [6.45, 7) is 1.94. The standard InChI is InChI=1S/C14H22FNO4S/c1-11-13(15)8-12(10-17)9-14(11)21(18,19)16-6-4-3-5-7-20-2/h8-9,16-17H,3-7,10H2,1-2H3. The lowest BCUT2D eigenvalue weighted by molar-refractivity contribution is 0.192. The number of nitrogens with one attached hydrogen (secondary N) is 1. The van der Waals surface area contributed by atoms with Gasteiger partial charge < -0.3 is 9.84 Å². The number of benzene rings is 1. The highest BCUT2D eigenvalue weighted by Crippen LogP contribution is 2.20. The summed E-state index contributed by atoms with van der Waals surface area (Å²) < 4.78 is 45.4. The first-order valence-corrected chi connectivity index (χ1v) is 8.29. The number of unbranched alkanes of at least 4 members (excludes halogenated alkanes) is 2. The van der Waals surface area contributed by atoms with Crippen LogP contribution in [0.5, 0.6) is 0 Å². The number of aliphatic hydroxyl groups is 1. The minimum absolute atomic E-state index is 0.0547. The number of hydrogen-bond donors (Lipinski definition) is 2. The minimum Gasteiger partial charge on any atom is -0.392 e. The summed E-state index contributed by atoms with van der Waals surface area (Å²) in [5.41, 5.74) is 0.289. The van der Waals surface area contributed by atoms with E-state index in [1.807, 2.05) is 0 Å². The zero-order valence-electron chi connectivity index (χ0n) is 12.4. The molecule has 7 heteroatoms. The molecule has 1 aromatic carbocycles. The van der Waals surface area contributed by atoms with E-state index in [2.05, 4.69) is 4.72 Å². The molecule has 120 valence electrons. The van der Waals surface area contributed by atoms with E-state index in [4.69, 9.17) is 9.84 Å². The maximum Gasteiger partial charge on any atom is 0.240 e. The summed E-state index contributed by atoms with van der Waals surface area (Å²) in [6, 6.07) is 2.44. The predicted octanol–water partition coefficient (Wildman–Crippen LogP) is 1.72. The Labute approximate surface area is 125 Å². The molecule has 0 atom stereocenters. The van der Waals surface area contributed by atoms with Gasteiger partial charge in [-0.05, 0) is 43.9 Å². The average molecular weight is 319 g/mol. The van der Waals surface area contributed by atoms with Crippen molar-refractivity contribution in [2.24, 2.45) is 0 Å². The van der Waals surface area contributed by atoms with Gasteiger partial charge in [0.05, 0.1) is 11.5 Å². The number of rotatable bonds is 9. The third-order valence-corrected chi connectivity index (χ3v) is 4.73. The molecule has 0 aliphatic carbocycles. The van der Waals surface area contributed by atoms with Crippen molar-refractivity contribution in [3.63, 3.8) is 0 Å². The van der Waals surface area contributed by atoms with Crippen molar-refractivity contribution >= 4 is 10.0 Å². The SMILES string of the molecule is COCCCCCNS(=O)(=O)c1cc(CO)cc(F)c1C. The highest BCUT2D eigenvalue weighted by Gasteiger charge is 2.19. The normalized spacial score (nSPS) is 11.8. The number of sulfonamides is 1. The minimum atomic E-state index is -3.77. The molecule has 0 spiro atoms. The summed E-state index contributed by atoms with van der Waals surface area (Å²) >= 11 is 0. The molecular formula is C14H22FNO4S. The van der Waals surface area contributed by atoms with Crippen LogP contribution in [0.25, 0.3) is 0 Å². The summed E-state index contributed by atoms with van der Waals surface area (Å²) in [5.74, 6) is -0.637. The lowest BCUT2D eigenvalue weighted by atomic mass is 10.1. The lowest BCUT2D eigenvalue weighted by Crippen LogP contribution is -2.26. The monoisotopic (exact) mass is 319 g/mol. The molecule has 0 bridgehead atoms. The molecule has 0 aromatic heterocycles. The van der Waals surface area contributed by atoms with Crippen LogP contribution in [-0.4, -0.2) is 33.8 Å². The fraction of sp³-hybridized carbons (Fsp3) is 0.571. The zero-order valence-corrected chi connectivity index (χ0v) is 13.2. The number of halogens is 1. The molecule has 0 saturated carbocycles. The van der Waals surface area contributed by atoms with Crippen molar-refractivity contribution in [3.05, 3.63) is 29.1 Å². The average Bonchev–Trinajstić information content (AvgIpc) is 2.45. The fourth-order valence-electron chi connectivity index (χ4n) is 1.91. The van der Waals surface area contributed by atoms with E-state index in [-0.39, 0.29) is 22.6 Å². The molecule has 0 saturated heterocycles. The fourth-order valence-corrected chi connectivity index (χ4v) is 3.29. The second kappa shape index (κ2) is 8.43. The first kappa shape index (κ1) is 18.0. The van der Waals surface area contributed by atoms with Crippen LogP contribution < -0.4 is 4.72 Å². The number of aliphatic hydroxyl groups excluding tert-OH is 1. The summed E-state index contributed by atoms with van der Waals surface area (Å²) in [4.78, 5) is -0.122. The summed E-state index contributed by atoms with van der Waals surface area (Å²) in [5, 5.41) is 9.05. The molecule has 0 radical (unpaired) electrons. The van der Waals surface area contributed by atoms with Gasteiger partial charge in [-0.1, -0.05) is 0 Å². The van der Waals surface area contributed by atoms with Crippen molar-refractivity contribution in [2.75, 3.05) is 20.3 Å². The first-order valence-electron chi connectivity index (χ1n) is 6.81.